The maximum absolute atomic E-state index is 6.02. The number of hydrogen-bond acceptors (Lipinski definition) is 3. The van der Waals surface area contributed by atoms with E-state index in [2.05, 4.69) is 30.4 Å². The SMILES string of the molecule is CC1(COc2ccc3c(c2)CNCC3)CCSC1. The zero-order valence-corrected chi connectivity index (χ0v) is 11.8. The normalized spacial score (nSPS) is 26.9. The van der Waals surface area contributed by atoms with Gasteiger partial charge in [-0.2, -0.15) is 11.8 Å². The number of nitrogens with one attached hydrogen (secondary N) is 1. The zero-order valence-electron chi connectivity index (χ0n) is 11.0. The van der Waals surface area contributed by atoms with Crippen LogP contribution in [0.4, 0.5) is 0 Å². The third-order valence-corrected chi connectivity index (χ3v) is 5.35. The van der Waals surface area contributed by atoms with Crippen molar-refractivity contribution in [3.05, 3.63) is 29.3 Å². The standard InChI is InChI=1S/C15H21NOS/c1-15(5-7-18-11-15)10-17-14-3-2-12-4-6-16-9-13(12)8-14/h2-3,8,16H,4-7,9-11H2,1H3. The van der Waals surface area contributed by atoms with E-state index in [4.69, 9.17) is 4.74 Å². The first-order chi connectivity index (χ1) is 8.75. The van der Waals surface area contributed by atoms with E-state index >= 15 is 0 Å². The van der Waals surface area contributed by atoms with Crippen LogP contribution in [0.1, 0.15) is 24.5 Å². The molecule has 98 valence electrons. The second kappa shape index (κ2) is 5.14. The monoisotopic (exact) mass is 263 g/mol. The van der Waals surface area contributed by atoms with Crippen molar-refractivity contribution in [3.8, 4) is 5.75 Å². The Morgan fingerprint density at radius 1 is 1.39 bits per heavy atom. The fraction of sp³-hybridized carbons (Fsp3) is 0.600. The number of ether oxygens (including phenoxy) is 1. The first-order valence-electron chi connectivity index (χ1n) is 6.78. The van der Waals surface area contributed by atoms with Crippen molar-refractivity contribution in [3.63, 3.8) is 0 Å². The van der Waals surface area contributed by atoms with Crippen LogP contribution in [0.2, 0.25) is 0 Å². The van der Waals surface area contributed by atoms with Gasteiger partial charge in [0.1, 0.15) is 5.75 Å². The van der Waals surface area contributed by atoms with Crippen molar-refractivity contribution in [2.24, 2.45) is 5.41 Å². The summed E-state index contributed by atoms with van der Waals surface area (Å²) in [4.78, 5) is 0. The summed E-state index contributed by atoms with van der Waals surface area (Å²) in [7, 11) is 0. The quantitative estimate of drug-likeness (QED) is 0.906. The minimum atomic E-state index is 0.374. The third-order valence-electron chi connectivity index (χ3n) is 3.95. The Bertz CT molecular complexity index is 427. The molecule has 0 radical (unpaired) electrons. The van der Waals surface area contributed by atoms with E-state index in [0.717, 1.165) is 31.9 Å². The van der Waals surface area contributed by atoms with Gasteiger partial charge in [-0.15, -0.1) is 0 Å². The van der Waals surface area contributed by atoms with E-state index < -0.39 is 0 Å². The molecular weight excluding hydrogens is 242 g/mol. The fourth-order valence-corrected chi connectivity index (χ4v) is 4.13. The number of hydrogen-bond donors (Lipinski definition) is 1. The van der Waals surface area contributed by atoms with Gasteiger partial charge >= 0.3 is 0 Å². The molecule has 0 spiro atoms. The van der Waals surface area contributed by atoms with Gasteiger partial charge in [0.05, 0.1) is 6.61 Å². The number of benzene rings is 1. The second-order valence-electron chi connectivity index (χ2n) is 5.76. The highest BCUT2D eigenvalue weighted by Gasteiger charge is 2.30. The number of fused-ring (bicyclic) bond motifs is 1. The van der Waals surface area contributed by atoms with E-state index in [9.17, 15) is 0 Å². The lowest BCUT2D eigenvalue weighted by Crippen LogP contribution is -2.25. The van der Waals surface area contributed by atoms with Gasteiger partial charge in [0, 0.05) is 17.7 Å². The molecule has 1 unspecified atom stereocenters. The van der Waals surface area contributed by atoms with Crippen LogP contribution in [-0.2, 0) is 13.0 Å². The first-order valence-corrected chi connectivity index (χ1v) is 7.94. The van der Waals surface area contributed by atoms with E-state index in [-0.39, 0.29) is 0 Å². The predicted molar refractivity (Wildman–Crippen MR) is 77.4 cm³/mol. The Morgan fingerprint density at radius 2 is 2.33 bits per heavy atom. The summed E-state index contributed by atoms with van der Waals surface area (Å²) in [6.45, 7) is 5.28. The van der Waals surface area contributed by atoms with Crippen LogP contribution in [-0.4, -0.2) is 24.7 Å². The molecule has 18 heavy (non-hydrogen) atoms. The summed E-state index contributed by atoms with van der Waals surface area (Å²) < 4.78 is 6.02. The number of rotatable bonds is 3. The topological polar surface area (TPSA) is 21.3 Å². The Kier molecular flexibility index (Phi) is 3.53. The molecule has 1 aromatic carbocycles. The van der Waals surface area contributed by atoms with Gasteiger partial charge in [-0.25, -0.2) is 0 Å². The molecule has 1 saturated heterocycles. The Hall–Kier alpha value is -0.670. The molecular formula is C15H21NOS. The van der Waals surface area contributed by atoms with Gasteiger partial charge in [0.15, 0.2) is 0 Å². The average molecular weight is 263 g/mol. The second-order valence-corrected chi connectivity index (χ2v) is 6.86. The highest BCUT2D eigenvalue weighted by molar-refractivity contribution is 7.99. The van der Waals surface area contributed by atoms with Gasteiger partial charge < -0.3 is 10.1 Å². The molecule has 0 amide bonds. The Labute approximate surface area is 113 Å². The molecule has 2 aliphatic heterocycles. The van der Waals surface area contributed by atoms with Crippen molar-refractivity contribution in [1.29, 1.82) is 0 Å². The van der Waals surface area contributed by atoms with Gasteiger partial charge in [0.25, 0.3) is 0 Å². The first kappa shape index (κ1) is 12.4. The maximum Gasteiger partial charge on any atom is 0.119 e. The molecule has 1 aromatic rings. The van der Waals surface area contributed by atoms with Crippen LogP contribution in [0.3, 0.4) is 0 Å². The molecule has 1 fully saturated rings. The Balaban J connectivity index is 1.66. The van der Waals surface area contributed by atoms with E-state index in [1.165, 1.54) is 29.1 Å². The lowest BCUT2D eigenvalue weighted by Gasteiger charge is -2.24. The molecule has 0 aromatic heterocycles. The predicted octanol–water partition coefficient (Wildman–Crippen LogP) is 2.85. The molecule has 1 atom stereocenters. The molecule has 2 aliphatic rings. The molecule has 2 nitrogen and oxygen atoms in total. The van der Waals surface area contributed by atoms with Gasteiger partial charge in [-0.1, -0.05) is 13.0 Å². The van der Waals surface area contributed by atoms with Crippen LogP contribution in [0.15, 0.2) is 18.2 Å². The molecule has 2 heterocycles. The van der Waals surface area contributed by atoms with Crippen LogP contribution in [0, 0.1) is 5.41 Å². The Morgan fingerprint density at radius 3 is 3.17 bits per heavy atom. The molecule has 0 bridgehead atoms. The smallest absolute Gasteiger partial charge is 0.119 e. The van der Waals surface area contributed by atoms with E-state index in [1.807, 2.05) is 11.8 Å². The van der Waals surface area contributed by atoms with Crippen molar-refractivity contribution in [2.45, 2.75) is 26.3 Å². The average Bonchev–Trinajstić information content (AvgIpc) is 2.84. The van der Waals surface area contributed by atoms with E-state index in [0.29, 0.717) is 5.41 Å². The highest BCUT2D eigenvalue weighted by Crippen LogP contribution is 2.36. The van der Waals surface area contributed by atoms with E-state index in [1.54, 1.807) is 0 Å². The summed E-state index contributed by atoms with van der Waals surface area (Å²) in [5.41, 5.74) is 3.26. The van der Waals surface area contributed by atoms with Crippen molar-refractivity contribution >= 4 is 11.8 Å². The van der Waals surface area contributed by atoms with Crippen LogP contribution in [0.5, 0.6) is 5.75 Å². The lowest BCUT2D eigenvalue weighted by atomic mass is 9.91. The van der Waals surface area contributed by atoms with Crippen molar-refractivity contribution < 1.29 is 4.74 Å². The lowest BCUT2D eigenvalue weighted by molar-refractivity contribution is 0.186. The van der Waals surface area contributed by atoms with Crippen LogP contribution >= 0.6 is 11.8 Å². The summed E-state index contributed by atoms with van der Waals surface area (Å²) in [5, 5.41) is 3.41. The molecule has 3 rings (SSSR count). The molecule has 0 aliphatic carbocycles. The molecule has 0 saturated carbocycles. The van der Waals surface area contributed by atoms with Gasteiger partial charge in [0.2, 0.25) is 0 Å². The minimum absolute atomic E-state index is 0.374. The van der Waals surface area contributed by atoms with Crippen LogP contribution < -0.4 is 10.1 Å². The summed E-state index contributed by atoms with van der Waals surface area (Å²) in [5.74, 6) is 3.56. The zero-order chi connectivity index (χ0) is 12.4. The van der Waals surface area contributed by atoms with Gasteiger partial charge in [-0.05, 0) is 48.4 Å². The van der Waals surface area contributed by atoms with Crippen LogP contribution in [0.25, 0.3) is 0 Å². The maximum atomic E-state index is 6.02. The summed E-state index contributed by atoms with van der Waals surface area (Å²) in [6, 6.07) is 6.58. The van der Waals surface area contributed by atoms with Crippen molar-refractivity contribution in [1.82, 2.24) is 5.32 Å². The van der Waals surface area contributed by atoms with Crippen molar-refractivity contribution in [2.75, 3.05) is 24.7 Å². The minimum Gasteiger partial charge on any atom is -0.493 e. The largest absolute Gasteiger partial charge is 0.493 e. The third kappa shape index (κ3) is 2.67. The summed E-state index contributed by atoms with van der Waals surface area (Å²) >= 11 is 2.05. The molecule has 3 heteroatoms. The number of thioether (sulfide) groups is 1. The highest BCUT2D eigenvalue weighted by atomic mass is 32.2. The fourth-order valence-electron chi connectivity index (χ4n) is 2.63. The molecule has 1 N–H and O–H groups in total. The van der Waals surface area contributed by atoms with Gasteiger partial charge in [-0.3, -0.25) is 0 Å². The summed E-state index contributed by atoms with van der Waals surface area (Å²) in [6.07, 6.45) is 2.42.